The van der Waals surface area contributed by atoms with E-state index in [9.17, 15) is 19.7 Å². The molecule has 2 aromatic heterocycles. The van der Waals surface area contributed by atoms with E-state index in [0.717, 1.165) is 5.56 Å². The zero-order chi connectivity index (χ0) is 29.0. The molecule has 208 valence electrons. The van der Waals surface area contributed by atoms with Gasteiger partial charge < -0.3 is 15.2 Å². The van der Waals surface area contributed by atoms with Crippen LogP contribution in [0.25, 0.3) is 11.3 Å². The van der Waals surface area contributed by atoms with Crippen LogP contribution in [0.4, 0.5) is 10.8 Å². The van der Waals surface area contributed by atoms with E-state index in [2.05, 4.69) is 25.8 Å². The number of anilines is 1. The highest BCUT2D eigenvalue weighted by Gasteiger charge is 2.25. The van der Waals surface area contributed by atoms with Crippen LogP contribution in [0.1, 0.15) is 47.2 Å². The van der Waals surface area contributed by atoms with Crippen molar-refractivity contribution in [2.45, 2.75) is 38.9 Å². The van der Waals surface area contributed by atoms with Gasteiger partial charge in [-0.2, -0.15) is 0 Å². The summed E-state index contributed by atoms with van der Waals surface area (Å²) in [5, 5.41) is 28.3. The minimum atomic E-state index is -0.426. The topological polar surface area (TPSA) is 145 Å². The molecule has 0 aliphatic heterocycles. The van der Waals surface area contributed by atoms with E-state index in [1.807, 2.05) is 32.9 Å². The van der Waals surface area contributed by atoms with Crippen LogP contribution in [-0.4, -0.2) is 42.2 Å². The molecule has 11 nitrogen and oxygen atoms in total. The number of thiazole rings is 1. The molecule has 2 aromatic carbocycles. The average Bonchev–Trinajstić information content (AvgIpc) is 3.52. The Bertz CT molecular complexity index is 1550. The Morgan fingerprint density at radius 1 is 1.12 bits per heavy atom. The first-order valence-electron chi connectivity index (χ1n) is 12.4. The zero-order valence-electron chi connectivity index (χ0n) is 22.7. The summed E-state index contributed by atoms with van der Waals surface area (Å²) in [6.45, 7) is 7.63. The number of nitro benzene ring substituents is 1. The molecule has 0 aliphatic carbocycles. The number of rotatable bonds is 10. The molecule has 0 spiro atoms. The standard InChI is InChI=1S/C27H29N7O4S2/c1-15(2)23(30-25(36)18-9-6-16(3)7-10-18)24-31-32-27(33(24)5)40-14-22(35)29-26-28-20(13-39-26)19-11-8-17(4)21(12-19)34(37)38/h6-13,15,23H,14H2,1-5H3,(H,30,36)(H,28,29,35). The molecule has 0 saturated carbocycles. The molecule has 1 atom stereocenters. The van der Waals surface area contributed by atoms with Crippen LogP contribution in [0.2, 0.25) is 0 Å². The molecule has 0 aliphatic rings. The molecule has 4 rings (SSSR count). The number of hydrogen-bond acceptors (Lipinski definition) is 9. The van der Waals surface area contributed by atoms with Crippen LogP contribution in [-0.2, 0) is 11.8 Å². The molecule has 0 bridgehead atoms. The Kier molecular flexibility index (Phi) is 8.95. The van der Waals surface area contributed by atoms with E-state index in [-0.39, 0.29) is 35.2 Å². The maximum absolute atomic E-state index is 12.8. The normalized spacial score (nSPS) is 11.8. The minimum Gasteiger partial charge on any atom is -0.342 e. The van der Waals surface area contributed by atoms with Gasteiger partial charge in [-0.15, -0.1) is 21.5 Å². The van der Waals surface area contributed by atoms with Crippen molar-refractivity contribution in [2.75, 3.05) is 11.1 Å². The third kappa shape index (κ3) is 6.72. The van der Waals surface area contributed by atoms with Crippen molar-refractivity contribution >= 4 is 45.7 Å². The van der Waals surface area contributed by atoms with Crippen molar-refractivity contribution < 1.29 is 14.5 Å². The molecule has 0 saturated heterocycles. The van der Waals surface area contributed by atoms with Crippen molar-refractivity contribution in [2.24, 2.45) is 13.0 Å². The summed E-state index contributed by atoms with van der Waals surface area (Å²) in [5.41, 5.74) is 3.37. The fraction of sp³-hybridized carbons (Fsp3) is 0.296. The number of carbonyl (C=O) groups is 2. The molecule has 2 heterocycles. The van der Waals surface area contributed by atoms with E-state index in [1.54, 1.807) is 48.2 Å². The first-order chi connectivity index (χ1) is 19.0. The molecule has 1 unspecified atom stereocenters. The predicted octanol–water partition coefficient (Wildman–Crippen LogP) is 5.32. The van der Waals surface area contributed by atoms with Gasteiger partial charge in [-0.05, 0) is 31.9 Å². The van der Waals surface area contributed by atoms with Crippen LogP contribution in [0.15, 0.2) is 53.0 Å². The number of nitrogens with one attached hydrogen (secondary N) is 2. The number of nitrogens with zero attached hydrogens (tertiary/aromatic N) is 5. The molecular formula is C27H29N7O4S2. The van der Waals surface area contributed by atoms with Gasteiger partial charge in [0, 0.05) is 35.2 Å². The first-order valence-corrected chi connectivity index (χ1v) is 14.3. The third-order valence-electron chi connectivity index (χ3n) is 6.20. The van der Waals surface area contributed by atoms with Crippen LogP contribution < -0.4 is 10.6 Å². The predicted molar refractivity (Wildman–Crippen MR) is 156 cm³/mol. The lowest BCUT2D eigenvalue weighted by Crippen LogP contribution is -2.33. The smallest absolute Gasteiger partial charge is 0.272 e. The highest BCUT2D eigenvalue weighted by atomic mass is 32.2. The van der Waals surface area contributed by atoms with Crippen molar-refractivity contribution in [3.63, 3.8) is 0 Å². The molecule has 2 amide bonds. The second-order valence-corrected chi connectivity index (χ2v) is 11.4. The maximum atomic E-state index is 12.8. The van der Waals surface area contributed by atoms with Crippen LogP contribution in [0.3, 0.4) is 0 Å². The number of benzene rings is 2. The van der Waals surface area contributed by atoms with Crippen LogP contribution >= 0.6 is 23.1 Å². The number of amides is 2. The van der Waals surface area contributed by atoms with Crippen molar-refractivity contribution in [3.05, 3.63) is 80.5 Å². The first kappa shape index (κ1) is 28.9. The molecule has 0 fully saturated rings. The van der Waals surface area contributed by atoms with Crippen molar-refractivity contribution in [3.8, 4) is 11.3 Å². The summed E-state index contributed by atoms with van der Waals surface area (Å²) in [5.74, 6) is 0.235. The fourth-order valence-electron chi connectivity index (χ4n) is 3.90. The van der Waals surface area contributed by atoms with E-state index in [0.29, 0.717) is 38.5 Å². The summed E-state index contributed by atoms with van der Waals surface area (Å²) >= 11 is 2.45. The van der Waals surface area contributed by atoms with Crippen molar-refractivity contribution in [1.29, 1.82) is 0 Å². The largest absolute Gasteiger partial charge is 0.342 e. The van der Waals surface area contributed by atoms with Gasteiger partial charge in [-0.25, -0.2) is 4.98 Å². The van der Waals surface area contributed by atoms with E-state index in [1.165, 1.54) is 29.2 Å². The lowest BCUT2D eigenvalue weighted by atomic mass is 10.0. The number of thioether (sulfide) groups is 1. The van der Waals surface area contributed by atoms with Gasteiger partial charge in [-0.3, -0.25) is 19.7 Å². The van der Waals surface area contributed by atoms with Crippen molar-refractivity contribution in [1.82, 2.24) is 25.1 Å². The Morgan fingerprint density at radius 2 is 1.85 bits per heavy atom. The highest BCUT2D eigenvalue weighted by Crippen LogP contribution is 2.30. The quantitative estimate of drug-likeness (QED) is 0.146. The second kappa shape index (κ2) is 12.4. The molecule has 4 aromatic rings. The number of carbonyl (C=O) groups excluding carboxylic acids is 2. The van der Waals surface area contributed by atoms with Gasteiger partial charge in [0.1, 0.15) is 0 Å². The van der Waals surface area contributed by atoms with Crippen LogP contribution in [0, 0.1) is 29.9 Å². The summed E-state index contributed by atoms with van der Waals surface area (Å²) in [6.07, 6.45) is 0. The Labute approximate surface area is 239 Å². The second-order valence-electron chi connectivity index (χ2n) is 9.59. The maximum Gasteiger partial charge on any atom is 0.272 e. The number of hydrogen-bond donors (Lipinski definition) is 2. The van der Waals surface area contributed by atoms with Gasteiger partial charge >= 0.3 is 0 Å². The number of aryl methyl sites for hydroxylation is 2. The molecule has 40 heavy (non-hydrogen) atoms. The van der Waals surface area contributed by atoms with E-state index < -0.39 is 4.92 Å². The van der Waals surface area contributed by atoms with Gasteiger partial charge in [-0.1, -0.05) is 55.4 Å². The molecule has 13 heteroatoms. The lowest BCUT2D eigenvalue weighted by molar-refractivity contribution is -0.385. The summed E-state index contributed by atoms with van der Waals surface area (Å²) in [4.78, 5) is 40.7. The van der Waals surface area contributed by atoms with Gasteiger partial charge in [0.05, 0.1) is 22.4 Å². The summed E-state index contributed by atoms with van der Waals surface area (Å²) in [7, 11) is 1.80. The highest BCUT2D eigenvalue weighted by molar-refractivity contribution is 7.99. The monoisotopic (exact) mass is 579 g/mol. The zero-order valence-corrected chi connectivity index (χ0v) is 24.3. The average molecular weight is 580 g/mol. The fourth-order valence-corrected chi connectivity index (χ4v) is 5.35. The Hall–Kier alpha value is -4.10. The number of nitro groups is 1. The van der Waals surface area contributed by atoms with E-state index in [4.69, 9.17) is 0 Å². The Balaban J connectivity index is 1.38. The molecule has 0 radical (unpaired) electrons. The van der Waals surface area contributed by atoms with Crippen LogP contribution in [0.5, 0.6) is 0 Å². The SMILES string of the molecule is Cc1ccc(C(=O)NC(c2nnc(SCC(=O)Nc3nc(-c4ccc(C)c([N+](=O)[O-])c4)cs3)n2C)C(C)C)cc1. The molecular weight excluding hydrogens is 550 g/mol. The van der Waals surface area contributed by atoms with Gasteiger partial charge in [0.15, 0.2) is 16.1 Å². The molecule has 2 N–H and O–H groups in total. The van der Waals surface area contributed by atoms with Gasteiger partial charge in [0.25, 0.3) is 11.6 Å². The van der Waals surface area contributed by atoms with Gasteiger partial charge in [0.2, 0.25) is 5.91 Å². The summed E-state index contributed by atoms with van der Waals surface area (Å²) in [6, 6.07) is 11.9. The number of aromatic nitrogens is 4. The summed E-state index contributed by atoms with van der Waals surface area (Å²) < 4.78 is 1.78. The van der Waals surface area contributed by atoms with E-state index >= 15 is 0 Å². The lowest BCUT2D eigenvalue weighted by Gasteiger charge is -2.21. The third-order valence-corrected chi connectivity index (χ3v) is 7.98. The Morgan fingerprint density at radius 3 is 2.52 bits per heavy atom. The minimum absolute atomic E-state index is 0.0185.